The van der Waals surface area contributed by atoms with Gasteiger partial charge in [0.05, 0.1) is 66.1 Å². The van der Waals surface area contributed by atoms with Crippen molar-refractivity contribution >= 4 is 21.5 Å². The van der Waals surface area contributed by atoms with Crippen LogP contribution in [-0.4, -0.2) is 90.6 Å². The van der Waals surface area contributed by atoms with Crippen molar-refractivity contribution < 1.29 is 42.5 Å². The summed E-state index contributed by atoms with van der Waals surface area (Å²) in [4.78, 5) is 2.45. The number of aryl methyl sites for hydroxylation is 1. The molecular formula is C29H39LiNO5+. The summed E-state index contributed by atoms with van der Waals surface area (Å²) in [5.41, 5.74) is 1.45. The van der Waals surface area contributed by atoms with Gasteiger partial charge in [0.15, 0.2) is 0 Å². The van der Waals surface area contributed by atoms with Crippen molar-refractivity contribution in [1.82, 2.24) is 4.90 Å². The third-order valence-corrected chi connectivity index (χ3v) is 6.38. The van der Waals surface area contributed by atoms with Crippen LogP contribution in [0.1, 0.15) is 12.0 Å². The average molecular weight is 489 g/mol. The van der Waals surface area contributed by atoms with Gasteiger partial charge in [-0.2, -0.15) is 0 Å². The van der Waals surface area contributed by atoms with Crippen molar-refractivity contribution in [3.05, 3.63) is 60.2 Å². The minimum Gasteiger partial charge on any atom is -0.378 e. The monoisotopic (exact) mass is 488 g/mol. The molecule has 1 aliphatic heterocycles. The van der Waals surface area contributed by atoms with Gasteiger partial charge in [0.25, 0.3) is 0 Å². The van der Waals surface area contributed by atoms with E-state index in [0.29, 0.717) is 66.1 Å². The Hall–Kier alpha value is -1.46. The standard InChI is InChI=1S/C29H39NO5.Li/c1-3-8-27-25(6-1)24-26-7-2-4-9-28(26)29(27)10-5-11-30-12-14-31-16-18-33-20-22-35-23-21-34-19-17-32-15-13-30;/h1-4,6-9,24H,5,10-23H2;/q;+1. The van der Waals surface area contributed by atoms with Crippen molar-refractivity contribution in [2.75, 3.05) is 85.7 Å². The summed E-state index contributed by atoms with van der Waals surface area (Å²) in [5.74, 6) is 0. The van der Waals surface area contributed by atoms with Gasteiger partial charge in [-0.1, -0.05) is 48.5 Å². The molecule has 1 aliphatic rings. The van der Waals surface area contributed by atoms with Gasteiger partial charge in [-0.15, -0.1) is 0 Å². The van der Waals surface area contributed by atoms with E-state index >= 15 is 0 Å². The van der Waals surface area contributed by atoms with Gasteiger partial charge in [-0.3, -0.25) is 4.90 Å². The number of nitrogens with zero attached hydrogens (tertiary/aromatic N) is 1. The van der Waals surface area contributed by atoms with Gasteiger partial charge < -0.3 is 23.7 Å². The van der Waals surface area contributed by atoms with Gasteiger partial charge in [0.2, 0.25) is 0 Å². The van der Waals surface area contributed by atoms with E-state index in [-0.39, 0.29) is 18.9 Å². The molecule has 7 heteroatoms. The smallest absolute Gasteiger partial charge is 0.378 e. The third kappa shape index (κ3) is 9.44. The van der Waals surface area contributed by atoms with Crippen LogP contribution in [0.2, 0.25) is 0 Å². The summed E-state index contributed by atoms with van der Waals surface area (Å²) in [6.07, 6.45) is 2.13. The second-order valence-corrected chi connectivity index (χ2v) is 8.80. The van der Waals surface area contributed by atoms with Gasteiger partial charge in [-0.05, 0) is 52.6 Å². The van der Waals surface area contributed by atoms with Gasteiger partial charge in [0.1, 0.15) is 0 Å². The van der Waals surface area contributed by atoms with Gasteiger partial charge in [-0.25, -0.2) is 0 Å². The Labute approximate surface area is 227 Å². The molecule has 0 N–H and O–H groups in total. The van der Waals surface area contributed by atoms with E-state index in [4.69, 9.17) is 23.7 Å². The summed E-state index contributed by atoms with van der Waals surface area (Å²) in [5, 5.41) is 5.36. The van der Waals surface area contributed by atoms with Crippen LogP contribution >= 0.6 is 0 Å². The second-order valence-electron chi connectivity index (χ2n) is 8.80. The fourth-order valence-corrected chi connectivity index (χ4v) is 4.56. The Morgan fingerprint density at radius 1 is 0.556 bits per heavy atom. The molecule has 3 aromatic rings. The van der Waals surface area contributed by atoms with E-state index in [2.05, 4.69) is 59.5 Å². The number of benzene rings is 3. The number of rotatable bonds is 4. The van der Waals surface area contributed by atoms with Crippen LogP contribution < -0.4 is 18.9 Å². The predicted octanol–water partition coefficient (Wildman–Crippen LogP) is 1.33. The third-order valence-electron chi connectivity index (χ3n) is 6.38. The maximum atomic E-state index is 5.82. The first-order chi connectivity index (χ1) is 17.4. The molecule has 0 bridgehead atoms. The van der Waals surface area contributed by atoms with Crippen LogP contribution in [0, 0.1) is 0 Å². The van der Waals surface area contributed by atoms with Crippen LogP contribution in [0.4, 0.5) is 0 Å². The number of hydrogen-bond acceptors (Lipinski definition) is 6. The minimum absolute atomic E-state index is 0. The van der Waals surface area contributed by atoms with Crippen molar-refractivity contribution in [3.8, 4) is 0 Å². The topological polar surface area (TPSA) is 49.4 Å². The van der Waals surface area contributed by atoms with E-state index in [1.165, 1.54) is 27.1 Å². The Bertz CT molecular complexity index is 945. The zero-order valence-electron chi connectivity index (χ0n) is 21.8. The van der Waals surface area contributed by atoms with E-state index in [9.17, 15) is 0 Å². The van der Waals surface area contributed by atoms with E-state index in [1.807, 2.05) is 0 Å². The van der Waals surface area contributed by atoms with Crippen molar-refractivity contribution in [3.63, 3.8) is 0 Å². The number of fused-ring (bicyclic) bond motifs is 2. The Morgan fingerprint density at radius 3 is 1.44 bits per heavy atom. The number of ether oxygens (including phenoxy) is 5. The van der Waals surface area contributed by atoms with E-state index in [1.54, 1.807) is 0 Å². The molecule has 0 radical (unpaired) electrons. The summed E-state index contributed by atoms with van der Waals surface area (Å²) in [7, 11) is 0. The molecule has 4 rings (SSSR count). The Kier molecular flexibility index (Phi) is 13.8. The molecule has 0 atom stereocenters. The second kappa shape index (κ2) is 17.1. The van der Waals surface area contributed by atoms with Crippen LogP contribution in [0.15, 0.2) is 54.6 Å². The maximum absolute atomic E-state index is 5.82. The van der Waals surface area contributed by atoms with Crippen molar-refractivity contribution in [2.45, 2.75) is 12.8 Å². The Morgan fingerprint density at radius 2 is 0.972 bits per heavy atom. The van der Waals surface area contributed by atoms with Crippen molar-refractivity contribution in [1.29, 1.82) is 0 Å². The molecule has 36 heavy (non-hydrogen) atoms. The molecule has 3 aromatic carbocycles. The molecule has 6 nitrogen and oxygen atoms in total. The molecule has 0 aliphatic carbocycles. The molecular weight excluding hydrogens is 449 g/mol. The molecule has 0 saturated carbocycles. The summed E-state index contributed by atoms with van der Waals surface area (Å²) in [6.45, 7) is 8.91. The predicted molar refractivity (Wildman–Crippen MR) is 140 cm³/mol. The molecule has 1 heterocycles. The quantitative estimate of drug-likeness (QED) is 0.408. The maximum Gasteiger partial charge on any atom is 1.00 e. The molecule has 0 unspecified atom stereocenters. The van der Waals surface area contributed by atoms with Gasteiger partial charge in [0, 0.05) is 13.1 Å². The first-order valence-electron chi connectivity index (χ1n) is 12.9. The van der Waals surface area contributed by atoms with Gasteiger partial charge >= 0.3 is 18.9 Å². The fourth-order valence-electron chi connectivity index (χ4n) is 4.56. The zero-order chi connectivity index (χ0) is 24.0. The normalized spacial score (nSPS) is 18.3. The van der Waals surface area contributed by atoms with Crippen molar-refractivity contribution in [2.24, 2.45) is 0 Å². The minimum atomic E-state index is 0. The largest absolute Gasteiger partial charge is 1.00 e. The fraction of sp³-hybridized carbons (Fsp3) is 0.517. The molecule has 0 spiro atoms. The van der Waals surface area contributed by atoms with E-state index in [0.717, 1.165) is 32.5 Å². The molecule has 1 fully saturated rings. The first-order valence-corrected chi connectivity index (χ1v) is 12.9. The van der Waals surface area contributed by atoms with Crippen LogP contribution in [-0.2, 0) is 30.1 Å². The molecule has 0 aromatic heterocycles. The molecule has 1 saturated heterocycles. The van der Waals surface area contributed by atoms with E-state index < -0.39 is 0 Å². The SMILES string of the molecule is [Li+].c1ccc2c(CCCN3CCOCCOCCOCCOCCOCC3)c3ccccc3cc2c1. The molecule has 0 amide bonds. The van der Waals surface area contributed by atoms with Crippen LogP contribution in [0.3, 0.4) is 0 Å². The molecule has 190 valence electrons. The van der Waals surface area contributed by atoms with Crippen LogP contribution in [0.25, 0.3) is 21.5 Å². The first kappa shape index (κ1) is 29.1. The number of hydrogen-bond donors (Lipinski definition) is 0. The van der Waals surface area contributed by atoms with Crippen LogP contribution in [0.5, 0.6) is 0 Å². The average Bonchev–Trinajstić information content (AvgIpc) is 2.89. The Balaban J connectivity index is 0.00000361. The summed E-state index contributed by atoms with van der Waals surface area (Å²) < 4.78 is 28.2. The summed E-state index contributed by atoms with van der Waals surface area (Å²) >= 11 is 0. The zero-order valence-corrected chi connectivity index (χ0v) is 21.8. The summed E-state index contributed by atoms with van der Waals surface area (Å²) in [6, 6.07) is 19.8.